The molecule has 0 bridgehead atoms. The van der Waals surface area contributed by atoms with E-state index in [2.05, 4.69) is 33.5 Å². The van der Waals surface area contributed by atoms with Crippen LogP contribution in [0, 0.1) is 5.82 Å². The van der Waals surface area contributed by atoms with E-state index in [4.69, 9.17) is 0 Å². The standard InChI is InChI=1S/C17H22FN3/c1-19-16-6-11-21(13-16)17-7-9-20(10-8-17)12-14-2-4-15(18)5-3-14/h2-5,7-9,16,19H,6,10-13H2,1H3/t16-/m0/s1. The number of likely N-dealkylation sites (N-methyl/N-ethyl adjacent to an activating group) is 1. The number of nitrogens with one attached hydrogen (secondary N) is 1. The van der Waals surface area contributed by atoms with Crippen molar-refractivity contribution in [2.45, 2.75) is 19.0 Å². The van der Waals surface area contributed by atoms with E-state index in [1.807, 2.05) is 19.2 Å². The summed E-state index contributed by atoms with van der Waals surface area (Å²) < 4.78 is 12.9. The maximum atomic E-state index is 12.9. The number of allylic oxidation sites excluding steroid dienone is 1. The molecule has 2 aliphatic heterocycles. The highest BCUT2D eigenvalue weighted by atomic mass is 19.1. The molecule has 21 heavy (non-hydrogen) atoms. The molecule has 0 aliphatic carbocycles. The highest BCUT2D eigenvalue weighted by Crippen LogP contribution is 2.19. The van der Waals surface area contributed by atoms with E-state index in [-0.39, 0.29) is 5.82 Å². The summed E-state index contributed by atoms with van der Waals surface area (Å²) in [6, 6.07) is 7.34. The first-order valence-electron chi connectivity index (χ1n) is 7.53. The predicted molar refractivity (Wildman–Crippen MR) is 83.1 cm³/mol. The second kappa shape index (κ2) is 6.31. The molecule has 3 nitrogen and oxygen atoms in total. The van der Waals surface area contributed by atoms with Gasteiger partial charge in [-0.15, -0.1) is 0 Å². The molecule has 2 aliphatic rings. The zero-order chi connectivity index (χ0) is 14.7. The molecule has 4 heteroatoms. The van der Waals surface area contributed by atoms with E-state index >= 15 is 0 Å². The molecule has 0 spiro atoms. The Hall–Kier alpha value is -1.81. The molecule has 0 unspecified atom stereocenters. The average molecular weight is 287 g/mol. The van der Waals surface area contributed by atoms with Gasteiger partial charge in [0.2, 0.25) is 0 Å². The van der Waals surface area contributed by atoms with Crippen LogP contribution in [-0.2, 0) is 6.54 Å². The van der Waals surface area contributed by atoms with Crippen LogP contribution >= 0.6 is 0 Å². The van der Waals surface area contributed by atoms with Crippen LogP contribution in [0.15, 0.2) is 48.3 Å². The Bertz CT molecular complexity index is 535. The third-order valence-corrected chi connectivity index (χ3v) is 4.25. The largest absolute Gasteiger partial charge is 0.370 e. The minimum atomic E-state index is -0.178. The van der Waals surface area contributed by atoms with Crippen LogP contribution in [0.25, 0.3) is 0 Å². The molecule has 3 rings (SSSR count). The van der Waals surface area contributed by atoms with Crippen LogP contribution in [0.4, 0.5) is 4.39 Å². The van der Waals surface area contributed by atoms with E-state index < -0.39 is 0 Å². The molecule has 1 aromatic rings. The quantitative estimate of drug-likeness (QED) is 0.917. The Kier molecular flexibility index (Phi) is 4.25. The zero-order valence-electron chi connectivity index (χ0n) is 12.4. The van der Waals surface area contributed by atoms with Crippen LogP contribution in [0.1, 0.15) is 12.0 Å². The van der Waals surface area contributed by atoms with Gasteiger partial charge >= 0.3 is 0 Å². The summed E-state index contributed by atoms with van der Waals surface area (Å²) in [6.07, 6.45) is 7.82. The minimum absolute atomic E-state index is 0.178. The van der Waals surface area contributed by atoms with E-state index in [1.165, 1.54) is 24.3 Å². The van der Waals surface area contributed by atoms with Crippen molar-refractivity contribution < 1.29 is 4.39 Å². The van der Waals surface area contributed by atoms with Crippen LogP contribution in [0.3, 0.4) is 0 Å². The minimum Gasteiger partial charge on any atom is -0.370 e. The van der Waals surface area contributed by atoms with Gasteiger partial charge in [0.25, 0.3) is 0 Å². The summed E-state index contributed by atoms with van der Waals surface area (Å²) in [5.41, 5.74) is 2.46. The van der Waals surface area contributed by atoms with E-state index in [0.29, 0.717) is 6.04 Å². The fourth-order valence-electron chi connectivity index (χ4n) is 2.93. The number of hydrogen-bond donors (Lipinski definition) is 1. The number of nitrogens with zero attached hydrogens (tertiary/aromatic N) is 2. The van der Waals surface area contributed by atoms with Gasteiger partial charge in [-0.3, -0.25) is 0 Å². The summed E-state index contributed by atoms with van der Waals surface area (Å²) in [7, 11) is 2.03. The van der Waals surface area contributed by atoms with E-state index in [1.54, 1.807) is 0 Å². The summed E-state index contributed by atoms with van der Waals surface area (Å²) in [5, 5.41) is 3.34. The molecule has 0 radical (unpaired) electrons. The van der Waals surface area contributed by atoms with Gasteiger partial charge in [0, 0.05) is 44.1 Å². The van der Waals surface area contributed by atoms with Gasteiger partial charge in [-0.2, -0.15) is 0 Å². The first-order valence-corrected chi connectivity index (χ1v) is 7.53. The van der Waals surface area contributed by atoms with Crippen molar-refractivity contribution in [3.63, 3.8) is 0 Å². The van der Waals surface area contributed by atoms with Gasteiger partial charge in [-0.25, -0.2) is 4.39 Å². The number of hydrogen-bond acceptors (Lipinski definition) is 3. The SMILES string of the molecule is CN[C@H]1CCN(C2=CCN(Cc3ccc(F)cc3)C=C2)C1. The Labute approximate surface area is 125 Å². The summed E-state index contributed by atoms with van der Waals surface area (Å²) in [4.78, 5) is 4.68. The monoisotopic (exact) mass is 287 g/mol. The fourth-order valence-corrected chi connectivity index (χ4v) is 2.93. The highest BCUT2D eigenvalue weighted by Gasteiger charge is 2.22. The lowest BCUT2D eigenvalue weighted by molar-refractivity contribution is 0.375. The first-order chi connectivity index (χ1) is 10.2. The summed E-state index contributed by atoms with van der Waals surface area (Å²) >= 11 is 0. The lowest BCUT2D eigenvalue weighted by atomic mass is 10.2. The second-order valence-corrected chi connectivity index (χ2v) is 5.72. The molecule has 0 aromatic heterocycles. The molecule has 0 amide bonds. The highest BCUT2D eigenvalue weighted by molar-refractivity contribution is 5.24. The van der Waals surface area contributed by atoms with Crippen molar-refractivity contribution in [1.82, 2.24) is 15.1 Å². The maximum absolute atomic E-state index is 12.9. The van der Waals surface area contributed by atoms with Crippen molar-refractivity contribution in [2.75, 3.05) is 26.7 Å². The maximum Gasteiger partial charge on any atom is 0.123 e. The van der Waals surface area contributed by atoms with Crippen LogP contribution in [0.2, 0.25) is 0 Å². The predicted octanol–water partition coefficient (Wildman–Crippen LogP) is 2.33. The molecule has 1 saturated heterocycles. The lowest BCUT2D eigenvalue weighted by Gasteiger charge is -2.27. The van der Waals surface area contributed by atoms with E-state index in [9.17, 15) is 4.39 Å². The zero-order valence-corrected chi connectivity index (χ0v) is 12.4. The van der Waals surface area contributed by atoms with Gasteiger partial charge in [0.05, 0.1) is 0 Å². The van der Waals surface area contributed by atoms with Crippen molar-refractivity contribution >= 4 is 0 Å². The molecule has 2 heterocycles. The third kappa shape index (κ3) is 3.45. The molecule has 1 N–H and O–H groups in total. The van der Waals surface area contributed by atoms with E-state index in [0.717, 1.165) is 31.7 Å². The molecular formula is C17H22FN3. The number of rotatable bonds is 4. The molecule has 112 valence electrons. The lowest BCUT2D eigenvalue weighted by Crippen LogP contribution is -2.30. The Balaban J connectivity index is 1.55. The smallest absolute Gasteiger partial charge is 0.123 e. The number of benzene rings is 1. The van der Waals surface area contributed by atoms with Gasteiger partial charge in [0.15, 0.2) is 0 Å². The van der Waals surface area contributed by atoms with Gasteiger partial charge in [-0.1, -0.05) is 12.1 Å². The van der Waals surface area contributed by atoms with Crippen molar-refractivity contribution in [3.05, 3.63) is 59.7 Å². The molecule has 1 aromatic carbocycles. The van der Waals surface area contributed by atoms with Gasteiger partial charge in [-0.05, 0) is 43.3 Å². The molecule has 1 fully saturated rings. The van der Waals surface area contributed by atoms with Crippen LogP contribution < -0.4 is 5.32 Å². The second-order valence-electron chi connectivity index (χ2n) is 5.72. The van der Waals surface area contributed by atoms with Gasteiger partial charge in [0.1, 0.15) is 5.82 Å². The van der Waals surface area contributed by atoms with Gasteiger partial charge < -0.3 is 15.1 Å². The number of halogens is 1. The average Bonchev–Trinajstić information content (AvgIpc) is 2.99. The van der Waals surface area contributed by atoms with Crippen molar-refractivity contribution in [1.29, 1.82) is 0 Å². The summed E-state index contributed by atoms with van der Waals surface area (Å²) in [6.45, 7) is 3.94. The fraction of sp³-hybridized carbons (Fsp3) is 0.412. The van der Waals surface area contributed by atoms with Crippen molar-refractivity contribution in [2.24, 2.45) is 0 Å². The summed E-state index contributed by atoms with van der Waals surface area (Å²) in [5.74, 6) is -0.178. The van der Waals surface area contributed by atoms with Crippen LogP contribution in [0.5, 0.6) is 0 Å². The topological polar surface area (TPSA) is 18.5 Å². The normalized spacial score (nSPS) is 21.8. The molecule has 1 atom stereocenters. The number of likely N-dealkylation sites (tertiary alicyclic amines) is 1. The van der Waals surface area contributed by atoms with Crippen LogP contribution in [-0.4, -0.2) is 42.5 Å². The molecular weight excluding hydrogens is 265 g/mol. The Morgan fingerprint density at radius 1 is 1.29 bits per heavy atom. The first kappa shape index (κ1) is 14.1. The molecule has 0 saturated carbocycles. The Morgan fingerprint density at radius 3 is 2.71 bits per heavy atom. The van der Waals surface area contributed by atoms with Crippen molar-refractivity contribution in [3.8, 4) is 0 Å². The third-order valence-electron chi connectivity index (χ3n) is 4.25. The Morgan fingerprint density at radius 2 is 2.10 bits per heavy atom.